The molecule has 8 heteroatoms. The van der Waals surface area contributed by atoms with Gasteiger partial charge in [0, 0.05) is 23.4 Å². The number of thiophene rings is 1. The lowest BCUT2D eigenvalue weighted by atomic mass is 10.0. The minimum atomic E-state index is -0.0975. The molecular weight excluding hydrogens is 418 g/mol. The van der Waals surface area contributed by atoms with Crippen molar-refractivity contribution in [1.82, 2.24) is 14.9 Å². The molecule has 3 heterocycles. The number of allylic oxidation sites excluding steroid dienone is 1. The molecule has 0 saturated heterocycles. The average Bonchev–Trinajstić information content (AvgIpc) is 3.03. The van der Waals surface area contributed by atoms with Crippen LogP contribution in [0.2, 0.25) is 0 Å². The molecule has 4 rings (SSSR count). The van der Waals surface area contributed by atoms with E-state index in [2.05, 4.69) is 16.9 Å². The topological polar surface area (TPSA) is 73.2 Å². The smallest absolute Gasteiger partial charge is 0.263 e. The van der Waals surface area contributed by atoms with Crippen LogP contribution in [0.4, 0.5) is 0 Å². The Morgan fingerprint density at radius 2 is 2.23 bits per heavy atom. The quantitative estimate of drug-likeness (QED) is 0.356. The molecule has 1 amide bonds. The van der Waals surface area contributed by atoms with Crippen molar-refractivity contribution in [2.45, 2.75) is 38.0 Å². The average molecular weight is 442 g/mol. The summed E-state index contributed by atoms with van der Waals surface area (Å²) >= 11 is 2.79. The molecule has 0 bridgehead atoms. The van der Waals surface area contributed by atoms with E-state index in [1.807, 2.05) is 38.1 Å². The van der Waals surface area contributed by atoms with E-state index < -0.39 is 0 Å². The van der Waals surface area contributed by atoms with Gasteiger partial charge in [-0.1, -0.05) is 36.0 Å². The molecule has 1 unspecified atom stereocenters. The standard InChI is InChI=1S/C22H23N3O3S2/c1-4-10-25-21(27)19-13(2)14(3)30-20(19)24-22(25)29-12-18(26)23-16-9-11-28-17-8-6-5-7-15(16)17/h4-8,16H,1,9-12H2,2-3H3,(H,23,26). The lowest BCUT2D eigenvalue weighted by molar-refractivity contribution is -0.119. The molecule has 0 aliphatic carbocycles. The second-order valence-corrected chi connectivity index (χ2v) is 9.29. The molecule has 0 saturated carbocycles. The second kappa shape index (κ2) is 8.65. The van der Waals surface area contributed by atoms with E-state index in [9.17, 15) is 9.59 Å². The molecule has 3 aromatic rings. The van der Waals surface area contributed by atoms with Gasteiger partial charge in [0.25, 0.3) is 5.56 Å². The van der Waals surface area contributed by atoms with Crippen molar-refractivity contribution in [2.24, 2.45) is 0 Å². The normalized spacial score (nSPS) is 15.5. The number of para-hydroxylation sites is 1. The summed E-state index contributed by atoms with van der Waals surface area (Å²) in [6.45, 7) is 8.62. The Labute approximate surface area is 183 Å². The van der Waals surface area contributed by atoms with E-state index in [4.69, 9.17) is 4.74 Å². The molecule has 30 heavy (non-hydrogen) atoms. The molecule has 0 fully saturated rings. The summed E-state index contributed by atoms with van der Waals surface area (Å²) in [5.41, 5.74) is 1.88. The summed E-state index contributed by atoms with van der Waals surface area (Å²) in [5.74, 6) is 0.898. The summed E-state index contributed by atoms with van der Waals surface area (Å²) in [6.07, 6.45) is 2.40. The Morgan fingerprint density at radius 3 is 3.03 bits per heavy atom. The van der Waals surface area contributed by atoms with Crippen molar-refractivity contribution >= 4 is 39.2 Å². The number of carbonyl (C=O) groups is 1. The first kappa shape index (κ1) is 20.7. The van der Waals surface area contributed by atoms with Crippen LogP contribution in [-0.4, -0.2) is 27.8 Å². The number of thioether (sulfide) groups is 1. The van der Waals surface area contributed by atoms with Gasteiger partial charge >= 0.3 is 0 Å². The highest BCUT2D eigenvalue weighted by Gasteiger charge is 2.23. The van der Waals surface area contributed by atoms with Crippen molar-refractivity contribution in [2.75, 3.05) is 12.4 Å². The summed E-state index contributed by atoms with van der Waals surface area (Å²) in [6, 6.07) is 7.69. The first-order valence-corrected chi connectivity index (χ1v) is 11.5. The number of rotatable bonds is 6. The van der Waals surface area contributed by atoms with E-state index in [0.29, 0.717) is 23.7 Å². The van der Waals surface area contributed by atoms with Gasteiger partial charge in [-0.2, -0.15) is 0 Å². The molecule has 1 atom stereocenters. The van der Waals surface area contributed by atoms with Crippen molar-refractivity contribution in [3.63, 3.8) is 0 Å². The molecule has 1 N–H and O–H groups in total. The van der Waals surface area contributed by atoms with Gasteiger partial charge < -0.3 is 10.1 Å². The van der Waals surface area contributed by atoms with Crippen LogP contribution < -0.4 is 15.6 Å². The summed E-state index contributed by atoms with van der Waals surface area (Å²) in [4.78, 5) is 32.2. The Morgan fingerprint density at radius 1 is 1.43 bits per heavy atom. The zero-order valence-corrected chi connectivity index (χ0v) is 18.6. The number of nitrogens with one attached hydrogen (secondary N) is 1. The Balaban J connectivity index is 1.53. The van der Waals surface area contributed by atoms with Crippen molar-refractivity contribution in [1.29, 1.82) is 0 Å². The van der Waals surface area contributed by atoms with Crippen LogP contribution in [-0.2, 0) is 11.3 Å². The minimum Gasteiger partial charge on any atom is -0.493 e. The van der Waals surface area contributed by atoms with Gasteiger partial charge in [-0.15, -0.1) is 17.9 Å². The largest absolute Gasteiger partial charge is 0.493 e. The van der Waals surface area contributed by atoms with E-state index in [0.717, 1.165) is 33.0 Å². The van der Waals surface area contributed by atoms with Crippen LogP contribution in [0.1, 0.15) is 28.5 Å². The maximum Gasteiger partial charge on any atom is 0.263 e. The molecule has 6 nitrogen and oxygen atoms in total. The van der Waals surface area contributed by atoms with Crippen LogP contribution >= 0.6 is 23.1 Å². The Hall–Kier alpha value is -2.58. The predicted octanol–water partition coefficient (Wildman–Crippen LogP) is 3.99. The number of aryl methyl sites for hydroxylation is 2. The first-order valence-electron chi connectivity index (χ1n) is 9.75. The highest BCUT2D eigenvalue weighted by molar-refractivity contribution is 7.99. The molecule has 1 aliphatic rings. The number of carbonyl (C=O) groups excluding carboxylic acids is 1. The predicted molar refractivity (Wildman–Crippen MR) is 122 cm³/mol. The van der Waals surface area contributed by atoms with Gasteiger partial charge in [-0.3, -0.25) is 14.2 Å². The molecule has 156 valence electrons. The van der Waals surface area contributed by atoms with Gasteiger partial charge in [-0.05, 0) is 25.5 Å². The summed E-state index contributed by atoms with van der Waals surface area (Å²) in [5, 5.41) is 4.29. The van der Waals surface area contributed by atoms with Crippen LogP contribution in [0.25, 0.3) is 10.2 Å². The third kappa shape index (κ3) is 3.89. The van der Waals surface area contributed by atoms with Crippen LogP contribution in [0.5, 0.6) is 5.75 Å². The number of nitrogens with zero attached hydrogens (tertiary/aromatic N) is 2. The molecule has 2 aromatic heterocycles. The van der Waals surface area contributed by atoms with Crippen molar-refractivity contribution < 1.29 is 9.53 Å². The van der Waals surface area contributed by atoms with Crippen molar-refractivity contribution in [3.05, 3.63) is 63.3 Å². The van der Waals surface area contributed by atoms with Gasteiger partial charge in [0.1, 0.15) is 10.6 Å². The molecule has 1 aliphatic heterocycles. The molecule has 0 radical (unpaired) electrons. The zero-order chi connectivity index (χ0) is 21.3. The second-order valence-electron chi connectivity index (χ2n) is 7.15. The lowest BCUT2D eigenvalue weighted by Gasteiger charge is -2.26. The molecular formula is C22H23N3O3S2. The fourth-order valence-electron chi connectivity index (χ4n) is 3.57. The SMILES string of the molecule is C=CCn1c(SCC(=O)NC2CCOc3ccccc32)nc2sc(C)c(C)c2c1=O. The highest BCUT2D eigenvalue weighted by Crippen LogP contribution is 2.32. The van der Waals surface area contributed by atoms with Crippen molar-refractivity contribution in [3.8, 4) is 5.75 Å². The Kier molecular flexibility index (Phi) is 5.97. The fourth-order valence-corrected chi connectivity index (χ4v) is 5.46. The van der Waals surface area contributed by atoms with E-state index in [-0.39, 0.29) is 23.3 Å². The monoisotopic (exact) mass is 441 g/mol. The van der Waals surface area contributed by atoms with Crippen LogP contribution in [0.15, 0.2) is 46.9 Å². The zero-order valence-electron chi connectivity index (χ0n) is 16.9. The molecule has 1 aromatic carbocycles. The third-order valence-electron chi connectivity index (χ3n) is 5.19. The van der Waals surface area contributed by atoms with Gasteiger partial charge in [0.05, 0.1) is 23.8 Å². The number of ether oxygens (including phenoxy) is 1. The number of fused-ring (bicyclic) bond motifs is 2. The fraction of sp³-hybridized carbons (Fsp3) is 0.318. The van der Waals surface area contributed by atoms with Crippen LogP contribution in [0.3, 0.4) is 0 Å². The van der Waals surface area contributed by atoms with Gasteiger partial charge in [0.15, 0.2) is 5.16 Å². The van der Waals surface area contributed by atoms with Gasteiger partial charge in [0.2, 0.25) is 5.91 Å². The first-order chi connectivity index (χ1) is 14.5. The number of aromatic nitrogens is 2. The minimum absolute atomic E-state index is 0.0727. The van der Waals surface area contributed by atoms with E-state index in [1.54, 1.807) is 10.6 Å². The van der Waals surface area contributed by atoms with Gasteiger partial charge in [-0.25, -0.2) is 4.98 Å². The summed E-state index contributed by atoms with van der Waals surface area (Å²) in [7, 11) is 0. The maximum atomic E-state index is 13.0. The number of benzene rings is 1. The maximum absolute atomic E-state index is 13.0. The molecule has 0 spiro atoms. The van der Waals surface area contributed by atoms with E-state index in [1.165, 1.54) is 23.1 Å². The van der Waals surface area contributed by atoms with Crippen LogP contribution in [0, 0.1) is 13.8 Å². The van der Waals surface area contributed by atoms with E-state index >= 15 is 0 Å². The number of amides is 1. The Bertz CT molecular complexity index is 1180. The number of hydrogen-bond donors (Lipinski definition) is 1. The number of hydrogen-bond acceptors (Lipinski definition) is 6. The highest BCUT2D eigenvalue weighted by atomic mass is 32.2. The lowest BCUT2D eigenvalue weighted by Crippen LogP contribution is -2.33. The third-order valence-corrected chi connectivity index (χ3v) is 7.27. The summed E-state index contributed by atoms with van der Waals surface area (Å²) < 4.78 is 7.25.